The summed E-state index contributed by atoms with van der Waals surface area (Å²) in [4.78, 5) is 11.8. The number of rotatable bonds is 3. The normalized spacial score (nSPS) is 19.2. The van der Waals surface area contributed by atoms with Crippen LogP contribution in [0.3, 0.4) is 0 Å². The van der Waals surface area contributed by atoms with E-state index in [9.17, 15) is 13.6 Å². The van der Waals surface area contributed by atoms with Crippen LogP contribution >= 0.6 is 23.5 Å². The average Bonchev–Trinajstić information content (AvgIpc) is 2.41. The van der Waals surface area contributed by atoms with Crippen molar-refractivity contribution < 1.29 is 13.6 Å². The number of amides is 1. The number of carbonyl (C=O) groups excluding carboxylic acids is 1. The lowest BCUT2D eigenvalue weighted by atomic mass is 10.1. The van der Waals surface area contributed by atoms with Gasteiger partial charge in [0.05, 0.1) is 11.3 Å². The van der Waals surface area contributed by atoms with E-state index in [1.54, 1.807) is 11.8 Å². The standard InChI is InChI=1S/C12H14F2N2OS2/c13-7-3-9(11(14)10(15)4-7)12(17)16-5-8-6-18-1-2-19-8/h3-4,8H,1-2,5-6,15H2,(H,16,17). The topological polar surface area (TPSA) is 55.1 Å². The van der Waals surface area contributed by atoms with E-state index in [1.807, 2.05) is 11.8 Å². The second-order valence-corrected chi connectivity index (χ2v) is 6.69. The fourth-order valence-corrected chi connectivity index (χ4v) is 4.34. The summed E-state index contributed by atoms with van der Waals surface area (Å²) >= 11 is 3.62. The van der Waals surface area contributed by atoms with Gasteiger partial charge in [-0.2, -0.15) is 23.5 Å². The van der Waals surface area contributed by atoms with Gasteiger partial charge in [0.25, 0.3) is 5.91 Å². The number of nitrogens with two attached hydrogens (primary N) is 1. The van der Waals surface area contributed by atoms with Crippen molar-refractivity contribution in [2.24, 2.45) is 0 Å². The molecule has 1 amide bonds. The van der Waals surface area contributed by atoms with Crippen LogP contribution in [0.2, 0.25) is 0 Å². The Bertz CT molecular complexity index is 479. The molecule has 1 aromatic rings. The maximum Gasteiger partial charge on any atom is 0.254 e. The van der Waals surface area contributed by atoms with Crippen LogP contribution in [0.15, 0.2) is 12.1 Å². The van der Waals surface area contributed by atoms with Crippen molar-refractivity contribution in [2.75, 3.05) is 29.5 Å². The first kappa shape index (κ1) is 14.5. The van der Waals surface area contributed by atoms with Crippen LogP contribution in [0.5, 0.6) is 0 Å². The van der Waals surface area contributed by atoms with Crippen molar-refractivity contribution >= 4 is 35.1 Å². The third-order valence-electron chi connectivity index (χ3n) is 2.69. The third kappa shape index (κ3) is 3.76. The lowest BCUT2D eigenvalue weighted by Gasteiger charge is -2.21. The highest BCUT2D eigenvalue weighted by atomic mass is 32.2. The van der Waals surface area contributed by atoms with Gasteiger partial charge in [-0.3, -0.25) is 4.79 Å². The Morgan fingerprint density at radius 1 is 1.42 bits per heavy atom. The fraction of sp³-hybridized carbons (Fsp3) is 0.417. The van der Waals surface area contributed by atoms with Gasteiger partial charge in [0.15, 0.2) is 5.82 Å². The molecule has 3 nitrogen and oxygen atoms in total. The largest absolute Gasteiger partial charge is 0.396 e. The van der Waals surface area contributed by atoms with Crippen LogP contribution in [0.4, 0.5) is 14.5 Å². The number of nitrogen functional groups attached to an aromatic ring is 1. The smallest absolute Gasteiger partial charge is 0.254 e. The van der Waals surface area contributed by atoms with Crippen LogP contribution in [-0.2, 0) is 0 Å². The molecule has 1 aliphatic heterocycles. The summed E-state index contributed by atoms with van der Waals surface area (Å²) in [6.07, 6.45) is 0. The molecule has 1 aliphatic rings. The second-order valence-electron chi connectivity index (χ2n) is 4.13. The number of hydrogen-bond acceptors (Lipinski definition) is 4. The van der Waals surface area contributed by atoms with Crippen molar-refractivity contribution in [3.63, 3.8) is 0 Å². The minimum atomic E-state index is -0.871. The molecule has 0 aliphatic carbocycles. The second kappa shape index (κ2) is 6.47. The molecule has 1 aromatic carbocycles. The molecule has 1 fully saturated rings. The molecule has 0 spiro atoms. The van der Waals surface area contributed by atoms with E-state index in [4.69, 9.17) is 5.73 Å². The molecule has 1 unspecified atom stereocenters. The zero-order valence-electron chi connectivity index (χ0n) is 10.1. The number of halogens is 2. The summed E-state index contributed by atoms with van der Waals surface area (Å²) in [5.74, 6) is 0.908. The van der Waals surface area contributed by atoms with Crippen LogP contribution in [0.1, 0.15) is 10.4 Å². The van der Waals surface area contributed by atoms with Gasteiger partial charge in [-0.1, -0.05) is 0 Å². The molecular formula is C12H14F2N2OS2. The molecule has 3 N–H and O–H groups in total. The molecule has 0 bridgehead atoms. The van der Waals surface area contributed by atoms with Crippen molar-refractivity contribution in [1.29, 1.82) is 0 Å². The maximum atomic E-state index is 13.6. The first-order valence-electron chi connectivity index (χ1n) is 5.80. The van der Waals surface area contributed by atoms with Gasteiger partial charge in [0.1, 0.15) is 5.82 Å². The Labute approximate surface area is 118 Å². The maximum absolute atomic E-state index is 13.6. The zero-order valence-corrected chi connectivity index (χ0v) is 11.8. The van der Waals surface area contributed by atoms with E-state index >= 15 is 0 Å². The van der Waals surface area contributed by atoms with E-state index in [2.05, 4.69) is 5.32 Å². The Morgan fingerprint density at radius 2 is 2.21 bits per heavy atom. The van der Waals surface area contributed by atoms with Crippen LogP contribution in [0, 0.1) is 11.6 Å². The van der Waals surface area contributed by atoms with Gasteiger partial charge in [-0.15, -0.1) is 0 Å². The number of hydrogen-bond donors (Lipinski definition) is 2. The van der Waals surface area contributed by atoms with Gasteiger partial charge in [0, 0.05) is 29.1 Å². The molecule has 0 radical (unpaired) electrons. The zero-order chi connectivity index (χ0) is 13.8. The highest BCUT2D eigenvalue weighted by Crippen LogP contribution is 2.23. The molecular weight excluding hydrogens is 290 g/mol. The molecule has 7 heteroatoms. The van der Waals surface area contributed by atoms with Crippen molar-refractivity contribution in [2.45, 2.75) is 5.25 Å². The summed E-state index contributed by atoms with van der Waals surface area (Å²) in [7, 11) is 0. The van der Waals surface area contributed by atoms with Gasteiger partial charge in [-0.25, -0.2) is 8.78 Å². The minimum absolute atomic E-state index is 0.316. The first-order chi connectivity index (χ1) is 9.08. The van der Waals surface area contributed by atoms with E-state index < -0.39 is 17.5 Å². The lowest BCUT2D eigenvalue weighted by molar-refractivity contribution is 0.0950. The van der Waals surface area contributed by atoms with E-state index in [1.165, 1.54) is 0 Å². The summed E-state index contributed by atoms with van der Waals surface area (Å²) < 4.78 is 26.8. The summed E-state index contributed by atoms with van der Waals surface area (Å²) in [5, 5.41) is 2.94. The Kier molecular flexibility index (Phi) is 4.93. The highest BCUT2D eigenvalue weighted by Gasteiger charge is 2.19. The number of anilines is 1. The number of carbonyl (C=O) groups is 1. The predicted molar refractivity (Wildman–Crippen MR) is 76.7 cm³/mol. The molecule has 1 heterocycles. The van der Waals surface area contributed by atoms with E-state index in [0.29, 0.717) is 11.8 Å². The average molecular weight is 304 g/mol. The Morgan fingerprint density at radius 3 is 2.89 bits per heavy atom. The predicted octanol–water partition coefficient (Wildman–Crippen LogP) is 2.13. The summed E-state index contributed by atoms with van der Waals surface area (Å²) in [6.45, 7) is 0.451. The van der Waals surface area contributed by atoms with Crippen molar-refractivity contribution in [3.8, 4) is 0 Å². The number of benzene rings is 1. The summed E-state index contributed by atoms with van der Waals surface area (Å²) in [6, 6.07) is 1.73. The van der Waals surface area contributed by atoms with Gasteiger partial charge < -0.3 is 11.1 Å². The molecule has 1 saturated heterocycles. The third-order valence-corrected chi connectivity index (χ3v) is 5.53. The number of thioether (sulfide) groups is 2. The van der Waals surface area contributed by atoms with Crippen LogP contribution in [0.25, 0.3) is 0 Å². The summed E-state index contributed by atoms with van der Waals surface area (Å²) in [5.41, 5.74) is 4.60. The number of nitrogens with one attached hydrogen (secondary N) is 1. The van der Waals surface area contributed by atoms with Gasteiger partial charge >= 0.3 is 0 Å². The monoisotopic (exact) mass is 304 g/mol. The molecule has 104 valence electrons. The molecule has 1 atom stereocenters. The Hall–Kier alpha value is -0.950. The Balaban J connectivity index is 1.99. The highest BCUT2D eigenvalue weighted by molar-refractivity contribution is 8.06. The van der Waals surface area contributed by atoms with Crippen molar-refractivity contribution in [3.05, 3.63) is 29.3 Å². The quantitative estimate of drug-likeness (QED) is 0.840. The van der Waals surface area contributed by atoms with Gasteiger partial charge in [0.2, 0.25) is 0 Å². The molecule has 0 aromatic heterocycles. The van der Waals surface area contributed by atoms with E-state index in [0.717, 1.165) is 29.4 Å². The van der Waals surface area contributed by atoms with Gasteiger partial charge in [-0.05, 0) is 12.1 Å². The van der Waals surface area contributed by atoms with E-state index in [-0.39, 0.29) is 11.3 Å². The van der Waals surface area contributed by atoms with Crippen LogP contribution < -0.4 is 11.1 Å². The molecule has 19 heavy (non-hydrogen) atoms. The fourth-order valence-electron chi connectivity index (χ4n) is 1.73. The van der Waals surface area contributed by atoms with Crippen molar-refractivity contribution in [1.82, 2.24) is 5.32 Å². The lowest BCUT2D eigenvalue weighted by Crippen LogP contribution is -2.34. The molecule has 2 rings (SSSR count). The van der Waals surface area contributed by atoms with Crippen LogP contribution in [-0.4, -0.2) is 35.0 Å². The SMILES string of the molecule is Nc1cc(F)cc(C(=O)NCC2CSCCS2)c1F. The minimum Gasteiger partial charge on any atom is -0.396 e. The first-order valence-corrected chi connectivity index (χ1v) is 8.00. The molecule has 0 saturated carbocycles.